The maximum Gasteiger partial charge on any atom is 0.509 e. The number of methoxy groups -OCH3 is 1. The molecule has 0 amide bonds. The number of rotatable bonds is 3. The Morgan fingerprint density at radius 2 is 2.41 bits per heavy atom. The third kappa shape index (κ3) is 3.89. The van der Waals surface area contributed by atoms with E-state index in [1.54, 1.807) is 13.0 Å². The Balaban J connectivity index is 2.79. The highest BCUT2D eigenvalue weighted by molar-refractivity contribution is 7.09. The number of carbonyl (C=O) groups excluding carboxylic acids is 1. The van der Waals surface area contributed by atoms with E-state index >= 15 is 0 Å². The van der Waals surface area contributed by atoms with Gasteiger partial charge >= 0.3 is 6.16 Å². The number of nitriles is 1. The Bertz CT molecular complexity index is 473. The van der Waals surface area contributed by atoms with Gasteiger partial charge < -0.3 is 9.47 Å². The van der Waals surface area contributed by atoms with Crippen LogP contribution in [0.2, 0.25) is 0 Å². The molecule has 0 N–H and O–H groups in total. The van der Waals surface area contributed by atoms with Gasteiger partial charge in [-0.15, -0.1) is 11.3 Å². The molecule has 0 spiro atoms. The summed E-state index contributed by atoms with van der Waals surface area (Å²) >= 11 is 1.51. The van der Waals surface area contributed by atoms with Crippen LogP contribution in [0.4, 0.5) is 4.79 Å². The number of carbonyl (C=O) groups is 1. The lowest BCUT2D eigenvalue weighted by Crippen LogP contribution is -2.17. The van der Waals surface area contributed by atoms with Crippen molar-refractivity contribution in [3.05, 3.63) is 21.7 Å². The van der Waals surface area contributed by atoms with Crippen molar-refractivity contribution in [3.8, 4) is 6.07 Å². The number of aromatic nitrogens is 1. The molecule has 0 bridgehead atoms. The average molecular weight is 252 g/mol. The lowest BCUT2D eigenvalue weighted by Gasteiger charge is -2.09. The monoisotopic (exact) mass is 252 g/mol. The molecule has 17 heavy (non-hydrogen) atoms. The fraction of sp³-hybridized carbons (Fsp3) is 0.364. The first-order valence-corrected chi connectivity index (χ1v) is 5.69. The predicted octanol–water partition coefficient (Wildman–Crippen LogP) is 2.53. The fourth-order valence-electron chi connectivity index (χ4n) is 1.12. The minimum Gasteiger partial charge on any atom is -0.438 e. The lowest BCUT2D eigenvalue weighted by molar-refractivity contribution is 0.0642. The van der Waals surface area contributed by atoms with Gasteiger partial charge in [-0.05, 0) is 25.5 Å². The van der Waals surface area contributed by atoms with Crippen molar-refractivity contribution in [2.45, 2.75) is 20.0 Å². The summed E-state index contributed by atoms with van der Waals surface area (Å²) in [5, 5.41) is 11.7. The van der Waals surface area contributed by atoms with E-state index in [9.17, 15) is 4.79 Å². The van der Waals surface area contributed by atoms with Gasteiger partial charge in [0.25, 0.3) is 0 Å². The van der Waals surface area contributed by atoms with E-state index in [2.05, 4.69) is 9.72 Å². The summed E-state index contributed by atoms with van der Waals surface area (Å²) in [5.74, 6) is 0. The zero-order valence-electron chi connectivity index (χ0n) is 9.76. The Hall–Kier alpha value is -1.87. The van der Waals surface area contributed by atoms with E-state index in [1.165, 1.54) is 18.4 Å². The van der Waals surface area contributed by atoms with Crippen LogP contribution in [0.1, 0.15) is 17.6 Å². The number of aryl methyl sites for hydroxylation is 1. The fourth-order valence-corrected chi connectivity index (χ4v) is 1.69. The first kappa shape index (κ1) is 13.2. The second kappa shape index (κ2) is 6.01. The molecular weight excluding hydrogens is 240 g/mol. The molecule has 6 heteroatoms. The zero-order valence-corrected chi connectivity index (χ0v) is 10.6. The van der Waals surface area contributed by atoms with E-state index < -0.39 is 12.3 Å². The van der Waals surface area contributed by atoms with Crippen LogP contribution in [-0.4, -0.2) is 24.4 Å². The second-order valence-electron chi connectivity index (χ2n) is 3.26. The molecule has 0 fully saturated rings. The molecule has 0 aliphatic heterocycles. The topological polar surface area (TPSA) is 72.2 Å². The summed E-state index contributed by atoms with van der Waals surface area (Å²) in [6.07, 6.45) is -0.122. The molecule has 0 saturated heterocycles. The van der Waals surface area contributed by atoms with Crippen LogP contribution >= 0.6 is 11.3 Å². The highest BCUT2D eigenvalue weighted by Gasteiger charge is 2.16. The van der Waals surface area contributed by atoms with Gasteiger partial charge in [0.1, 0.15) is 6.07 Å². The van der Waals surface area contributed by atoms with Gasteiger partial charge in [-0.1, -0.05) is 0 Å². The van der Waals surface area contributed by atoms with Gasteiger partial charge in [-0.3, -0.25) is 0 Å². The van der Waals surface area contributed by atoms with E-state index in [0.717, 1.165) is 10.7 Å². The van der Waals surface area contributed by atoms with Crippen LogP contribution in [0, 0.1) is 18.3 Å². The van der Waals surface area contributed by atoms with Crippen molar-refractivity contribution in [2.75, 3.05) is 7.11 Å². The average Bonchev–Trinajstić information content (AvgIpc) is 2.70. The van der Waals surface area contributed by atoms with Gasteiger partial charge in [0.2, 0.25) is 6.10 Å². The van der Waals surface area contributed by atoms with Crippen molar-refractivity contribution in [1.29, 1.82) is 5.26 Å². The van der Waals surface area contributed by atoms with Crippen LogP contribution in [0.15, 0.2) is 11.0 Å². The Kier molecular flexibility index (Phi) is 4.67. The summed E-state index contributed by atoms with van der Waals surface area (Å²) in [6, 6.07) is 1.88. The molecule has 0 saturated carbocycles. The van der Waals surface area contributed by atoms with Crippen LogP contribution in [0.5, 0.6) is 0 Å². The van der Waals surface area contributed by atoms with Crippen molar-refractivity contribution in [2.24, 2.45) is 0 Å². The summed E-state index contributed by atoms with van der Waals surface area (Å²) in [6.45, 7) is 3.59. The number of hydrogen-bond acceptors (Lipinski definition) is 6. The molecule has 5 nitrogen and oxygen atoms in total. The standard InChI is InChI=1S/C11H12N2O3S/c1-7(4-9-6-17-8(2)13-9)10(5-12)16-11(14)15-3/h4,6,10H,1-3H3/b7-4+/t10-/m0/s1. The van der Waals surface area contributed by atoms with Crippen LogP contribution in [0.3, 0.4) is 0 Å². The van der Waals surface area contributed by atoms with Gasteiger partial charge in [0.15, 0.2) is 0 Å². The lowest BCUT2D eigenvalue weighted by atomic mass is 10.1. The van der Waals surface area contributed by atoms with E-state index in [0.29, 0.717) is 5.57 Å². The van der Waals surface area contributed by atoms with Gasteiger partial charge in [0.05, 0.1) is 17.8 Å². The normalized spacial score (nSPS) is 12.7. The van der Waals surface area contributed by atoms with Gasteiger partial charge in [0, 0.05) is 5.38 Å². The van der Waals surface area contributed by atoms with Crippen molar-refractivity contribution < 1.29 is 14.3 Å². The largest absolute Gasteiger partial charge is 0.509 e. The summed E-state index contributed by atoms with van der Waals surface area (Å²) in [5.41, 5.74) is 1.35. The molecule has 1 atom stereocenters. The summed E-state index contributed by atoms with van der Waals surface area (Å²) in [4.78, 5) is 15.1. The molecule has 0 unspecified atom stereocenters. The highest BCUT2D eigenvalue weighted by atomic mass is 32.1. The van der Waals surface area contributed by atoms with Crippen molar-refractivity contribution >= 4 is 23.6 Å². The molecule has 1 aromatic rings. The highest BCUT2D eigenvalue weighted by Crippen LogP contribution is 2.15. The van der Waals surface area contributed by atoms with Crippen molar-refractivity contribution in [1.82, 2.24) is 4.98 Å². The summed E-state index contributed by atoms with van der Waals surface area (Å²) in [7, 11) is 1.19. The number of hydrogen-bond donors (Lipinski definition) is 0. The second-order valence-corrected chi connectivity index (χ2v) is 4.32. The number of nitrogens with zero attached hydrogens (tertiary/aromatic N) is 2. The molecule has 0 aliphatic rings. The van der Waals surface area contributed by atoms with E-state index in [-0.39, 0.29) is 0 Å². The Morgan fingerprint density at radius 3 is 2.88 bits per heavy atom. The Labute approximate surface area is 103 Å². The molecule has 0 aliphatic carbocycles. The smallest absolute Gasteiger partial charge is 0.438 e. The molecule has 1 aromatic heterocycles. The molecule has 90 valence electrons. The van der Waals surface area contributed by atoms with E-state index in [1.807, 2.05) is 18.4 Å². The first-order valence-electron chi connectivity index (χ1n) is 4.81. The SMILES string of the molecule is COC(=O)O[C@@H](C#N)/C(C)=C/c1csc(C)n1. The van der Waals surface area contributed by atoms with Gasteiger partial charge in [-0.2, -0.15) is 5.26 Å². The van der Waals surface area contributed by atoms with Crippen LogP contribution in [0.25, 0.3) is 6.08 Å². The molecule has 1 rings (SSSR count). The van der Waals surface area contributed by atoms with Crippen molar-refractivity contribution in [3.63, 3.8) is 0 Å². The molecule has 0 radical (unpaired) electrons. The first-order chi connectivity index (χ1) is 8.06. The molecular formula is C11H12N2O3S. The third-order valence-corrected chi connectivity index (χ3v) is 2.72. The van der Waals surface area contributed by atoms with Crippen LogP contribution < -0.4 is 0 Å². The minimum absolute atomic E-state index is 0.600. The van der Waals surface area contributed by atoms with Gasteiger partial charge in [-0.25, -0.2) is 9.78 Å². The van der Waals surface area contributed by atoms with E-state index in [4.69, 9.17) is 10.00 Å². The minimum atomic E-state index is -0.954. The molecule has 1 heterocycles. The van der Waals surface area contributed by atoms with Crippen LogP contribution in [-0.2, 0) is 9.47 Å². The number of ether oxygens (including phenoxy) is 2. The summed E-state index contributed by atoms with van der Waals surface area (Å²) < 4.78 is 9.11. The number of thiazole rings is 1. The maximum absolute atomic E-state index is 10.9. The quantitative estimate of drug-likeness (QED) is 0.773. The molecule has 0 aromatic carbocycles. The third-order valence-electron chi connectivity index (χ3n) is 1.92. The Morgan fingerprint density at radius 1 is 1.71 bits per heavy atom. The predicted molar refractivity (Wildman–Crippen MR) is 63.4 cm³/mol. The maximum atomic E-state index is 10.9. The zero-order chi connectivity index (χ0) is 12.8.